The number of ether oxygens (including phenoxy) is 3. The molecule has 0 unspecified atom stereocenters. The summed E-state index contributed by atoms with van der Waals surface area (Å²) in [5.41, 5.74) is 1.55. The number of aromatic nitrogens is 3. The molecular weight excluding hydrogens is 400 g/mol. The van der Waals surface area contributed by atoms with Gasteiger partial charge >= 0.3 is 0 Å². The monoisotopic (exact) mass is 426 g/mol. The molecule has 1 aromatic carbocycles. The average Bonchev–Trinajstić information content (AvgIpc) is 3.25. The van der Waals surface area contributed by atoms with Gasteiger partial charge in [0.15, 0.2) is 12.6 Å². The van der Waals surface area contributed by atoms with Crippen molar-refractivity contribution >= 4 is 22.6 Å². The molecular formula is C22H26N4O5. The molecule has 0 radical (unpaired) electrons. The first-order chi connectivity index (χ1) is 15.2. The number of carbonyl (C=O) groups is 1. The number of aliphatic hydroxyl groups excluding tert-OH is 1. The zero-order chi connectivity index (χ0) is 21.6. The van der Waals surface area contributed by atoms with Crippen molar-refractivity contribution in [1.29, 1.82) is 0 Å². The minimum Gasteiger partial charge on any atom is -0.468 e. The van der Waals surface area contributed by atoms with Gasteiger partial charge in [0.1, 0.15) is 23.5 Å². The van der Waals surface area contributed by atoms with E-state index in [1.165, 1.54) is 6.33 Å². The molecule has 2 aromatic heterocycles. The van der Waals surface area contributed by atoms with E-state index in [0.717, 1.165) is 12.8 Å². The summed E-state index contributed by atoms with van der Waals surface area (Å²) >= 11 is 0. The summed E-state index contributed by atoms with van der Waals surface area (Å²) in [5.74, 6) is 0.979. The third kappa shape index (κ3) is 4.84. The van der Waals surface area contributed by atoms with Gasteiger partial charge < -0.3 is 29.6 Å². The van der Waals surface area contributed by atoms with Crippen molar-refractivity contribution in [3.63, 3.8) is 0 Å². The number of fused-ring (bicyclic) bond motifs is 1. The zero-order valence-corrected chi connectivity index (χ0v) is 17.3. The van der Waals surface area contributed by atoms with E-state index >= 15 is 0 Å². The van der Waals surface area contributed by atoms with Gasteiger partial charge in [0.2, 0.25) is 0 Å². The number of carbonyl (C=O) groups excluding carboxylic acids is 1. The fraction of sp³-hybridized carbons (Fsp3) is 0.409. The lowest BCUT2D eigenvalue weighted by Crippen LogP contribution is -2.36. The van der Waals surface area contributed by atoms with Crippen LogP contribution in [-0.4, -0.2) is 64.6 Å². The highest BCUT2D eigenvalue weighted by molar-refractivity contribution is 6.18. The smallest absolute Gasteiger partial charge is 0.195 e. The molecule has 3 aromatic rings. The van der Waals surface area contributed by atoms with Crippen molar-refractivity contribution in [3.8, 4) is 5.75 Å². The zero-order valence-electron chi connectivity index (χ0n) is 17.3. The number of hydrogen-bond donors (Lipinski definition) is 3. The van der Waals surface area contributed by atoms with Gasteiger partial charge in [-0.3, -0.25) is 4.79 Å². The summed E-state index contributed by atoms with van der Waals surface area (Å²) < 4.78 is 16.4. The molecule has 1 saturated heterocycles. The van der Waals surface area contributed by atoms with Crippen LogP contribution in [0.3, 0.4) is 0 Å². The van der Waals surface area contributed by atoms with Gasteiger partial charge in [-0.15, -0.1) is 0 Å². The van der Waals surface area contributed by atoms with Crippen molar-refractivity contribution in [1.82, 2.24) is 15.0 Å². The molecule has 0 spiro atoms. The van der Waals surface area contributed by atoms with Gasteiger partial charge in [-0.25, -0.2) is 9.97 Å². The van der Waals surface area contributed by atoms with Crippen LogP contribution in [0.5, 0.6) is 5.75 Å². The first-order valence-corrected chi connectivity index (χ1v) is 10.4. The lowest BCUT2D eigenvalue weighted by Gasteiger charge is -2.29. The Hall–Kier alpha value is -3.01. The van der Waals surface area contributed by atoms with E-state index in [4.69, 9.17) is 14.2 Å². The second-order valence-corrected chi connectivity index (χ2v) is 7.32. The largest absolute Gasteiger partial charge is 0.468 e. The molecule has 4 rings (SSSR count). The predicted molar refractivity (Wildman–Crippen MR) is 114 cm³/mol. The predicted octanol–water partition coefficient (Wildman–Crippen LogP) is 2.51. The standard InChI is InChI=1S/C22H26N4O5/c1-2-29-13-31-16-5-3-4-14(8-16)20(28)18-9-23-21-19(18)22(25-12-24-21)26-15-6-7-17(10-27)30-11-15/h3-5,8-9,12,15,17,27H,2,6-7,10-11,13H2,1H3,(H2,23,24,25,26)/t15-,17+/m1/s1. The third-order valence-electron chi connectivity index (χ3n) is 5.24. The average molecular weight is 426 g/mol. The SMILES string of the molecule is CCOCOc1cccc(C(=O)c2c[nH]c3ncnc(N[C@@H]4CC[C@@H](CO)OC4)c23)c1. The van der Waals surface area contributed by atoms with E-state index in [1.807, 2.05) is 6.92 Å². The molecule has 9 heteroatoms. The van der Waals surface area contributed by atoms with E-state index in [-0.39, 0.29) is 31.3 Å². The summed E-state index contributed by atoms with van der Waals surface area (Å²) in [7, 11) is 0. The summed E-state index contributed by atoms with van der Waals surface area (Å²) in [5, 5.41) is 13.3. The minimum atomic E-state index is -0.161. The summed E-state index contributed by atoms with van der Waals surface area (Å²) in [4.78, 5) is 25.0. The van der Waals surface area contributed by atoms with Gasteiger partial charge in [0.05, 0.1) is 36.3 Å². The molecule has 0 saturated carbocycles. The first kappa shape index (κ1) is 21.2. The van der Waals surface area contributed by atoms with Crippen molar-refractivity contribution in [2.45, 2.75) is 31.9 Å². The Morgan fingerprint density at radius 2 is 2.26 bits per heavy atom. The number of H-pyrrole nitrogens is 1. The topological polar surface area (TPSA) is 119 Å². The van der Waals surface area contributed by atoms with Crippen molar-refractivity contribution in [2.75, 3.05) is 31.9 Å². The van der Waals surface area contributed by atoms with Gasteiger partial charge in [-0.05, 0) is 31.9 Å². The summed E-state index contributed by atoms with van der Waals surface area (Å²) in [6.45, 7) is 3.05. The fourth-order valence-corrected chi connectivity index (χ4v) is 3.58. The number of anilines is 1. The third-order valence-corrected chi connectivity index (χ3v) is 5.24. The van der Waals surface area contributed by atoms with E-state index in [1.54, 1.807) is 30.5 Å². The highest BCUT2D eigenvalue weighted by Crippen LogP contribution is 2.28. The quantitative estimate of drug-likeness (QED) is 0.271. The molecule has 164 valence electrons. The Morgan fingerprint density at radius 3 is 3.03 bits per heavy atom. The maximum absolute atomic E-state index is 13.3. The molecule has 0 aliphatic carbocycles. The molecule has 2 atom stereocenters. The number of nitrogens with zero attached hydrogens (tertiary/aromatic N) is 2. The number of aliphatic hydroxyl groups is 1. The molecule has 0 bridgehead atoms. The molecule has 9 nitrogen and oxygen atoms in total. The fourth-order valence-electron chi connectivity index (χ4n) is 3.58. The van der Waals surface area contributed by atoms with Crippen molar-refractivity contribution < 1.29 is 24.1 Å². The van der Waals surface area contributed by atoms with E-state index in [2.05, 4.69) is 20.3 Å². The van der Waals surface area contributed by atoms with E-state index in [0.29, 0.717) is 46.9 Å². The van der Waals surface area contributed by atoms with Crippen LogP contribution in [0.25, 0.3) is 11.0 Å². The van der Waals surface area contributed by atoms with E-state index < -0.39 is 0 Å². The number of aromatic amines is 1. The molecule has 31 heavy (non-hydrogen) atoms. The molecule has 0 amide bonds. The number of ketones is 1. The van der Waals surface area contributed by atoms with Crippen LogP contribution in [0.15, 0.2) is 36.8 Å². The molecule has 3 heterocycles. The highest BCUT2D eigenvalue weighted by atomic mass is 16.7. The summed E-state index contributed by atoms with van der Waals surface area (Å²) in [6.07, 6.45) is 4.59. The van der Waals surface area contributed by atoms with Crippen molar-refractivity contribution in [3.05, 3.63) is 47.9 Å². The van der Waals surface area contributed by atoms with Gasteiger partial charge in [-0.1, -0.05) is 12.1 Å². The molecule has 1 fully saturated rings. The van der Waals surface area contributed by atoms with Gasteiger partial charge in [0, 0.05) is 18.4 Å². The Kier molecular flexibility index (Phi) is 6.76. The Labute approximate surface area is 179 Å². The molecule has 3 N–H and O–H groups in total. The lowest BCUT2D eigenvalue weighted by atomic mass is 10.0. The van der Waals surface area contributed by atoms with Crippen LogP contribution in [0.4, 0.5) is 5.82 Å². The van der Waals surface area contributed by atoms with Gasteiger partial charge in [0.25, 0.3) is 0 Å². The molecule has 1 aliphatic rings. The number of rotatable bonds is 9. The normalized spacial score (nSPS) is 18.8. The van der Waals surface area contributed by atoms with Crippen LogP contribution in [0.2, 0.25) is 0 Å². The lowest BCUT2D eigenvalue weighted by molar-refractivity contribution is -0.0224. The Balaban J connectivity index is 1.57. The van der Waals surface area contributed by atoms with Crippen molar-refractivity contribution in [2.24, 2.45) is 0 Å². The summed E-state index contributed by atoms with van der Waals surface area (Å²) in [6, 6.07) is 7.03. The second-order valence-electron chi connectivity index (χ2n) is 7.32. The maximum atomic E-state index is 13.3. The van der Waals surface area contributed by atoms with Crippen LogP contribution >= 0.6 is 0 Å². The Morgan fingerprint density at radius 1 is 1.35 bits per heavy atom. The number of nitrogens with one attached hydrogen (secondary N) is 2. The molecule has 1 aliphatic heterocycles. The minimum absolute atomic E-state index is 0.0221. The van der Waals surface area contributed by atoms with E-state index in [9.17, 15) is 9.90 Å². The van der Waals surface area contributed by atoms with Crippen LogP contribution in [-0.2, 0) is 9.47 Å². The Bertz CT molecular complexity index is 1030. The van der Waals surface area contributed by atoms with Crippen LogP contribution in [0, 0.1) is 0 Å². The maximum Gasteiger partial charge on any atom is 0.195 e. The van der Waals surface area contributed by atoms with Gasteiger partial charge in [-0.2, -0.15) is 0 Å². The number of hydrogen-bond acceptors (Lipinski definition) is 8. The first-order valence-electron chi connectivity index (χ1n) is 10.4. The van der Waals surface area contributed by atoms with Crippen LogP contribution < -0.4 is 10.1 Å². The van der Waals surface area contributed by atoms with Crippen LogP contribution in [0.1, 0.15) is 35.7 Å². The highest BCUT2D eigenvalue weighted by Gasteiger charge is 2.24. The second kappa shape index (κ2) is 9.86. The number of benzene rings is 1.